The number of nitrogens with one attached hydrogen (secondary N) is 2. The summed E-state index contributed by atoms with van der Waals surface area (Å²) < 4.78 is 5.78. The zero-order valence-corrected chi connectivity index (χ0v) is 15.3. The quantitative estimate of drug-likeness (QED) is 0.606. The lowest BCUT2D eigenvalue weighted by molar-refractivity contribution is -0.131. The Bertz CT molecular complexity index is 744. The van der Waals surface area contributed by atoms with Gasteiger partial charge in [-0.2, -0.15) is 0 Å². The fourth-order valence-electron chi connectivity index (χ4n) is 2.59. The standard InChI is InChI=1S/C18H23N3O5/c1-5-14(23)12-6-7-15-13(8-12)21(9-16(24)20-19-11(4)22)18(25)17(26-15)10(2)3/h6-8,10,17H,5,9H2,1-4H3,(H,19,22)(H,20,24). The smallest absolute Gasteiger partial charge is 0.268 e. The highest BCUT2D eigenvalue weighted by Crippen LogP contribution is 2.36. The van der Waals surface area contributed by atoms with Crippen molar-refractivity contribution in [3.05, 3.63) is 23.8 Å². The largest absolute Gasteiger partial charge is 0.478 e. The van der Waals surface area contributed by atoms with E-state index in [-0.39, 0.29) is 24.2 Å². The summed E-state index contributed by atoms with van der Waals surface area (Å²) in [5.41, 5.74) is 5.23. The van der Waals surface area contributed by atoms with Gasteiger partial charge in [0.1, 0.15) is 12.3 Å². The Morgan fingerprint density at radius 3 is 2.50 bits per heavy atom. The number of anilines is 1. The summed E-state index contributed by atoms with van der Waals surface area (Å²) in [4.78, 5) is 49.1. The fourth-order valence-corrected chi connectivity index (χ4v) is 2.59. The van der Waals surface area contributed by atoms with Gasteiger partial charge in [-0.25, -0.2) is 0 Å². The third-order valence-electron chi connectivity index (χ3n) is 3.94. The Balaban J connectivity index is 2.37. The molecule has 0 bridgehead atoms. The van der Waals surface area contributed by atoms with E-state index in [0.717, 1.165) is 0 Å². The number of carbonyl (C=O) groups excluding carboxylic acids is 4. The Kier molecular flexibility index (Phi) is 5.97. The van der Waals surface area contributed by atoms with Crippen molar-refractivity contribution < 1.29 is 23.9 Å². The number of rotatable bonds is 5. The lowest BCUT2D eigenvalue weighted by Gasteiger charge is -2.35. The van der Waals surface area contributed by atoms with Gasteiger partial charge in [-0.05, 0) is 24.1 Å². The Hall–Kier alpha value is -2.90. The number of carbonyl (C=O) groups is 4. The summed E-state index contributed by atoms with van der Waals surface area (Å²) in [7, 11) is 0. The van der Waals surface area contributed by atoms with E-state index in [1.807, 2.05) is 13.8 Å². The molecule has 1 aliphatic heterocycles. The minimum absolute atomic E-state index is 0.0751. The molecule has 1 aliphatic rings. The van der Waals surface area contributed by atoms with Crippen molar-refractivity contribution in [3.8, 4) is 5.75 Å². The monoisotopic (exact) mass is 361 g/mol. The average molecular weight is 361 g/mol. The summed E-state index contributed by atoms with van der Waals surface area (Å²) >= 11 is 0. The van der Waals surface area contributed by atoms with Crippen LogP contribution >= 0.6 is 0 Å². The molecule has 1 unspecified atom stereocenters. The summed E-state index contributed by atoms with van der Waals surface area (Å²) in [5.74, 6) is -1.10. The number of nitrogens with zero attached hydrogens (tertiary/aromatic N) is 1. The number of hydrazine groups is 1. The summed E-state index contributed by atoms with van der Waals surface area (Å²) in [5, 5.41) is 0. The van der Waals surface area contributed by atoms with Gasteiger partial charge in [-0.15, -0.1) is 0 Å². The molecule has 0 saturated heterocycles. The van der Waals surface area contributed by atoms with Gasteiger partial charge in [0.2, 0.25) is 5.91 Å². The normalized spacial score (nSPS) is 16.0. The predicted molar refractivity (Wildman–Crippen MR) is 94.6 cm³/mol. The first-order chi connectivity index (χ1) is 12.2. The molecule has 1 heterocycles. The highest BCUT2D eigenvalue weighted by Gasteiger charge is 2.37. The van der Waals surface area contributed by atoms with Crippen molar-refractivity contribution in [2.24, 2.45) is 5.92 Å². The van der Waals surface area contributed by atoms with Crippen LogP contribution in [0.3, 0.4) is 0 Å². The Morgan fingerprint density at radius 2 is 1.92 bits per heavy atom. The van der Waals surface area contributed by atoms with Crippen LogP contribution < -0.4 is 20.5 Å². The molecule has 8 nitrogen and oxygen atoms in total. The van der Waals surface area contributed by atoms with Gasteiger partial charge in [0.15, 0.2) is 11.9 Å². The maximum atomic E-state index is 12.8. The molecule has 0 saturated carbocycles. The second-order valence-electron chi connectivity index (χ2n) is 6.40. The maximum absolute atomic E-state index is 12.8. The van der Waals surface area contributed by atoms with E-state index in [9.17, 15) is 19.2 Å². The van der Waals surface area contributed by atoms with E-state index in [0.29, 0.717) is 23.4 Å². The molecular weight excluding hydrogens is 338 g/mol. The SMILES string of the molecule is CCC(=O)c1ccc2c(c1)N(CC(=O)NNC(C)=O)C(=O)C(C(C)C)O2. The molecule has 140 valence electrons. The highest BCUT2D eigenvalue weighted by molar-refractivity contribution is 6.06. The van der Waals surface area contributed by atoms with Crippen LogP contribution in [0.2, 0.25) is 0 Å². The zero-order chi connectivity index (χ0) is 19.4. The van der Waals surface area contributed by atoms with Crippen molar-refractivity contribution >= 4 is 29.2 Å². The van der Waals surface area contributed by atoms with E-state index >= 15 is 0 Å². The van der Waals surface area contributed by atoms with Gasteiger partial charge < -0.3 is 4.74 Å². The number of hydrogen-bond acceptors (Lipinski definition) is 5. The van der Waals surface area contributed by atoms with Crippen LogP contribution in [0.4, 0.5) is 5.69 Å². The Labute approximate surface area is 151 Å². The fraction of sp³-hybridized carbons (Fsp3) is 0.444. The number of ether oxygens (including phenoxy) is 1. The Morgan fingerprint density at radius 1 is 1.23 bits per heavy atom. The first kappa shape index (κ1) is 19.4. The first-order valence-electron chi connectivity index (χ1n) is 8.45. The number of ketones is 1. The van der Waals surface area contributed by atoms with Crippen LogP contribution in [0.15, 0.2) is 18.2 Å². The number of Topliss-reactive ketones (excluding diaryl/α,β-unsaturated/α-hetero) is 1. The molecule has 26 heavy (non-hydrogen) atoms. The van der Waals surface area contributed by atoms with Gasteiger partial charge in [0.05, 0.1) is 5.69 Å². The number of hydrogen-bond donors (Lipinski definition) is 2. The molecule has 0 radical (unpaired) electrons. The molecule has 0 aliphatic carbocycles. The van der Waals surface area contributed by atoms with Crippen molar-refractivity contribution in [1.82, 2.24) is 10.9 Å². The van der Waals surface area contributed by atoms with E-state index in [2.05, 4.69) is 10.9 Å². The summed E-state index contributed by atoms with van der Waals surface area (Å²) in [6, 6.07) is 4.84. The van der Waals surface area contributed by atoms with E-state index in [1.54, 1.807) is 25.1 Å². The predicted octanol–water partition coefficient (Wildman–Crippen LogP) is 1.20. The van der Waals surface area contributed by atoms with Crippen LogP contribution in [-0.2, 0) is 14.4 Å². The van der Waals surface area contributed by atoms with Crippen molar-refractivity contribution in [2.75, 3.05) is 11.4 Å². The number of amides is 3. The maximum Gasteiger partial charge on any atom is 0.268 e. The van der Waals surface area contributed by atoms with Crippen LogP contribution in [0.5, 0.6) is 5.75 Å². The third kappa shape index (κ3) is 4.19. The number of fused-ring (bicyclic) bond motifs is 1. The van der Waals surface area contributed by atoms with Gasteiger partial charge in [0.25, 0.3) is 11.8 Å². The highest BCUT2D eigenvalue weighted by atomic mass is 16.5. The summed E-state index contributed by atoms with van der Waals surface area (Å²) in [6.45, 7) is 6.39. The van der Waals surface area contributed by atoms with E-state index in [4.69, 9.17) is 4.74 Å². The van der Waals surface area contributed by atoms with Gasteiger partial charge in [0, 0.05) is 18.9 Å². The second kappa shape index (κ2) is 7.99. The first-order valence-corrected chi connectivity index (χ1v) is 8.45. The van der Waals surface area contributed by atoms with Gasteiger partial charge in [-0.3, -0.25) is 34.9 Å². The van der Waals surface area contributed by atoms with E-state index in [1.165, 1.54) is 11.8 Å². The third-order valence-corrected chi connectivity index (χ3v) is 3.94. The van der Waals surface area contributed by atoms with Gasteiger partial charge >= 0.3 is 0 Å². The summed E-state index contributed by atoms with van der Waals surface area (Å²) in [6.07, 6.45) is -0.408. The second-order valence-corrected chi connectivity index (χ2v) is 6.40. The molecule has 0 aromatic heterocycles. The van der Waals surface area contributed by atoms with Crippen LogP contribution in [0, 0.1) is 5.92 Å². The molecule has 2 N–H and O–H groups in total. The topological polar surface area (TPSA) is 105 Å². The molecule has 0 fully saturated rings. The molecule has 1 aromatic carbocycles. The lowest BCUT2D eigenvalue weighted by Crippen LogP contribution is -2.53. The van der Waals surface area contributed by atoms with E-state index < -0.39 is 17.9 Å². The van der Waals surface area contributed by atoms with Crippen LogP contribution in [-0.4, -0.2) is 36.2 Å². The molecule has 3 amide bonds. The van der Waals surface area contributed by atoms with Crippen molar-refractivity contribution in [3.63, 3.8) is 0 Å². The molecular formula is C18H23N3O5. The average Bonchev–Trinajstić information content (AvgIpc) is 2.60. The molecule has 8 heteroatoms. The van der Waals surface area contributed by atoms with Crippen molar-refractivity contribution in [1.29, 1.82) is 0 Å². The molecule has 1 atom stereocenters. The zero-order valence-electron chi connectivity index (χ0n) is 15.3. The number of benzene rings is 1. The minimum atomic E-state index is -0.733. The lowest BCUT2D eigenvalue weighted by atomic mass is 10.0. The molecule has 1 aromatic rings. The molecule has 2 rings (SSSR count). The van der Waals surface area contributed by atoms with Gasteiger partial charge in [-0.1, -0.05) is 20.8 Å². The minimum Gasteiger partial charge on any atom is -0.478 e. The van der Waals surface area contributed by atoms with Crippen LogP contribution in [0.25, 0.3) is 0 Å². The van der Waals surface area contributed by atoms with Crippen LogP contribution in [0.1, 0.15) is 44.5 Å². The van der Waals surface area contributed by atoms with Crippen molar-refractivity contribution in [2.45, 2.75) is 40.2 Å². The molecule has 0 spiro atoms.